The van der Waals surface area contributed by atoms with Crippen LogP contribution in [-0.2, 0) is 16.0 Å². The van der Waals surface area contributed by atoms with Crippen LogP contribution < -0.4 is 16.4 Å². The maximum Gasteiger partial charge on any atom is 0.254 e. The normalized spacial score (nSPS) is 11.7. The second kappa shape index (κ2) is 7.74. The Labute approximate surface area is 155 Å². The molecule has 3 rings (SSSR count). The number of benzene rings is 2. The number of carbonyl (C=O) groups excluding carboxylic acids is 3. The molecule has 7 heteroatoms. The Balaban J connectivity index is 1.82. The summed E-state index contributed by atoms with van der Waals surface area (Å²) in [5.74, 6) is -1.41. The predicted octanol–water partition coefficient (Wildman–Crippen LogP) is 1.95. The minimum Gasteiger partial charge on any atom is -0.368 e. The summed E-state index contributed by atoms with van der Waals surface area (Å²) < 4.78 is 0. The average Bonchev–Trinajstić information content (AvgIpc) is 3.04. The SMILES string of the molecule is CC(=O)Nc1ccccc1C(=O)N[C@@H](Cc1c[nH]c2ccccc12)C(N)=O. The fourth-order valence-corrected chi connectivity index (χ4v) is 2.96. The van der Waals surface area contributed by atoms with E-state index in [0.717, 1.165) is 16.5 Å². The van der Waals surface area contributed by atoms with Gasteiger partial charge in [-0.25, -0.2) is 0 Å². The lowest BCUT2D eigenvalue weighted by atomic mass is 10.0. The van der Waals surface area contributed by atoms with Gasteiger partial charge in [-0.1, -0.05) is 30.3 Å². The number of anilines is 1. The Morgan fingerprint density at radius 2 is 1.78 bits per heavy atom. The van der Waals surface area contributed by atoms with Crippen molar-refractivity contribution in [3.05, 3.63) is 65.9 Å². The van der Waals surface area contributed by atoms with E-state index < -0.39 is 17.9 Å². The number of fused-ring (bicyclic) bond motifs is 1. The Morgan fingerprint density at radius 3 is 2.52 bits per heavy atom. The first kappa shape index (κ1) is 18.2. The summed E-state index contributed by atoms with van der Waals surface area (Å²) in [4.78, 5) is 39.1. The number of aromatic nitrogens is 1. The first-order valence-electron chi connectivity index (χ1n) is 8.47. The number of amides is 3. The van der Waals surface area contributed by atoms with Crippen LogP contribution in [0.25, 0.3) is 10.9 Å². The number of carbonyl (C=O) groups is 3. The van der Waals surface area contributed by atoms with Gasteiger partial charge < -0.3 is 21.4 Å². The van der Waals surface area contributed by atoms with Gasteiger partial charge in [-0.3, -0.25) is 14.4 Å². The third-order valence-corrected chi connectivity index (χ3v) is 4.23. The molecule has 0 aliphatic heterocycles. The van der Waals surface area contributed by atoms with Crippen LogP contribution in [0.15, 0.2) is 54.7 Å². The lowest BCUT2D eigenvalue weighted by Gasteiger charge is -2.17. The maximum absolute atomic E-state index is 12.7. The van der Waals surface area contributed by atoms with Crippen molar-refractivity contribution in [1.29, 1.82) is 0 Å². The standard InChI is InChI=1S/C20H20N4O3/c1-12(25)23-17-9-5-3-7-15(17)20(27)24-18(19(21)26)10-13-11-22-16-8-4-2-6-14(13)16/h2-9,11,18,22H,10H2,1H3,(H2,21,26)(H,23,25)(H,24,27)/t18-/m0/s1. The summed E-state index contributed by atoms with van der Waals surface area (Å²) in [5, 5.41) is 6.25. The molecule has 1 atom stereocenters. The highest BCUT2D eigenvalue weighted by Crippen LogP contribution is 2.20. The van der Waals surface area contributed by atoms with E-state index in [1.807, 2.05) is 24.3 Å². The van der Waals surface area contributed by atoms with Crippen molar-refractivity contribution in [2.75, 3.05) is 5.32 Å². The number of H-pyrrole nitrogens is 1. The molecule has 1 aromatic heterocycles. The van der Waals surface area contributed by atoms with E-state index in [9.17, 15) is 14.4 Å². The number of nitrogens with two attached hydrogens (primary N) is 1. The Morgan fingerprint density at radius 1 is 1.07 bits per heavy atom. The molecule has 0 unspecified atom stereocenters. The van der Waals surface area contributed by atoms with E-state index in [1.54, 1.807) is 30.5 Å². The molecule has 0 fully saturated rings. The van der Waals surface area contributed by atoms with E-state index in [0.29, 0.717) is 5.69 Å². The minimum atomic E-state index is -0.887. The van der Waals surface area contributed by atoms with Gasteiger partial charge in [0.05, 0.1) is 11.3 Å². The number of rotatable bonds is 6. The van der Waals surface area contributed by atoms with Gasteiger partial charge in [-0.05, 0) is 23.8 Å². The van der Waals surface area contributed by atoms with Gasteiger partial charge in [0.25, 0.3) is 5.91 Å². The molecule has 0 aliphatic carbocycles. The van der Waals surface area contributed by atoms with E-state index in [1.165, 1.54) is 6.92 Å². The van der Waals surface area contributed by atoms with Crippen molar-refractivity contribution < 1.29 is 14.4 Å². The van der Waals surface area contributed by atoms with E-state index in [4.69, 9.17) is 5.73 Å². The molecule has 0 bridgehead atoms. The van der Waals surface area contributed by atoms with Gasteiger partial charge in [-0.2, -0.15) is 0 Å². The molecule has 27 heavy (non-hydrogen) atoms. The summed E-state index contributed by atoms with van der Waals surface area (Å²) >= 11 is 0. The van der Waals surface area contributed by atoms with E-state index >= 15 is 0 Å². The van der Waals surface area contributed by atoms with Crippen LogP contribution in [0.1, 0.15) is 22.8 Å². The molecular formula is C20H20N4O3. The van der Waals surface area contributed by atoms with Crippen LogP contribution in [0, 0.1) is 0 Å². The first-order valence-corrected chi connectivity index (χ1v) is 8.47. The Kier molecular flexibility index (Phi) is 5.21. The van der Waals surface area contributed by atoms with Crippen molar-refractivity contribution in [1.82, 2.24) is 10.3 Å². The van der Waals surface area contributed by atoms with Crippen LogP contribution in [0.5, 0.6) is 0 Å². The van der Waals surface area contributed by atoms with Crippen molar-refractivity contribution in [3.8, 4) is 0 Å². The summed E-state index contributed by atoms with van der Waals surface area (Å²) in [7, 11) is 0. The average molecular weight is 364 g/mol. The number of primary amides is 1. The highest BCUT2D eigenvalue weighted by atomic mass is 16.2. The second-order valence-electron chi connectivity index (χ2n) is 6.22. The van der Waals surface area contributed by atoms with Gasteiger partial charge in [0.1, 0.15) is 6.04 Å². The first-order chi connectivity index (χ1) is 13.0. The number of hydrogen-bond donors (Lipinski definition) is 4. The van der Waals surface area contributed by atoms with Gasteiger partial charge in [0, 0.05) is 30.4 Å². The molecule has 138 valence electrons. The maximum atomic E-state index is 12.7. The van der Waals surface area contributed by atoms with Crippen LogP contribution in [-0.4, -0.2) is 28.7 Å². The third-order valence-electron chi connectivity index (χ3n) is 4.23. The zero-order valence-electron chi connectivity index (χ0n) is 14.8. The molecule has 0 saturated heterocycles. The van der Waals surface area contributed by atoms with Gasteiger partial charge in [0.15, 0.2) is 0 Å². The molecule has 0 aliphatic rings. The van der Waals surface area contributed by atoms with Gasteiger partial charge in [0.2, 0.25) is 11.8 Å². The molecule has 3 aromatic rings. The number of aromatic amines is 1. The summed E-state index contributed by atoms with van der Waals surface area (Å²) in [5.41, 5.74) is 7.97. The zero-order valence-corrected chi connectivity index (χ0v) is 14.8. The highest BCUT2D eigenvalue weighted by molar-refractivity contribution is 6.04. The van der Waals surface area contributed by atoms with Gasteiger partial charge in [-0.15, -0.1) is 0 Å². The lowest BCUT2D eigenvalue weighted by molar-refractivity contribution is -0.119. The van der Waals surface area contributed by atoms with Crippen LogP contribution in [0.3, 0.4) is 0 Å². The number of nitrogens with one attached hydrogen (secondary N) is 3. The van der Waals surface area contributed by atoms with Crippen molar-refractivity contribution in [2.24, 2.45) is 5.73 Å². The fraction of sp³-hybridized carbons (Fsp3) is 0.150. The molecule has 2 aromatic carbocycles. The fourth-order valence-electron chi connectivity index (χ4n) is 2.96. The minimum absolute atomic E-state index is 0.257. The summed E-state index contributed by atoms with van der Waals surface area (Å²) in [6.45, 7) is 1.36. The van der Waals surface area contributed by atoms with Gasteiger partial charge >= 0.3 is 0 Å². The van der Waals surface area contributed by atoms with Crippen molar-refractivity contribution >= 4 is 34.3 Å². The van der Waals surface area contributed by atoms with Crippen LogP contribution in [0.2, 0.25) is 0 Å². The van der Waals surface area contributed by atoms with Crippen LogP contribution >= 0.6 is 0 Å². The molecule has 0 saturated carbocycles. The zero-order chi connectivity index (χ0) is 19.4. The summed E-state index contributed by atoms with van der Waals surface area (Å²) in [6.07, 6.45) is 2.06. The second-order valence-corrected chi connectivity index (χ2v) is 6.22. The van der Waals surface area contributed by atoms with Crippen molar-refractivity contribution in [2.45, 2.75) is 19.4 Å². The van der Waals surface area contributed by atoms with Crippen molar-refractivity contribution in [3.63, 3.8) is 0 Å². The molecule has 5 N–H and O–H groups in total. The quantitative estimate of drug-likeness (QED) is 0.535. The Hall–Kier alpha value is -3.61. The van der Waals surface area contributed by atoms with Crippen LogP contribution in [0.4, 0.5) is 5.69 Å². The largest absolute Gasteiger partial charge is 0.368 e. The highest BCUT2D eigenvalue weighted by Gasteiger charge is 2.22. The predicted molar refractivity (Wildman–Crippen MR) is 103 cm³/mol. The monoisotopic (exact) mass is 364 g/mol. The molecule has 7 nitrogen and oxygen atoms in total. The van der Waals surface area contributed by atoms with E-state index in [2.05, 4.69) is 15.6 Å². The molecule has 0 radical (unpaired) electrons. The van der Waals surface area contributed by atoms with E-state index in [-0.39, 0.29) is 17.9 Å². The molecule has 3 amide bonds. The number of para-hydroxylation sites is 2. The third kappa shape index (κ3) is 4.14. The molecule has 1 heterocycles. The topological polar surface area (TPSA) is 117 Å². The summed E-state index contributed by atoms with van der Waals surface area (Å²) in [6, 6.07) is 13.4. The molecule has 0 spiro atoms. The smallest absolute Gasteiger partial charge is 0.254 e. The molecular weight excluding hydrogens is 344 g/mol. The lowest BCUT2D eigenvalue weighted by Crippen LogP contribution is -2.46. The number of hydrogen-bond acceptors (Lipinski definition) is 3. The Bertz CT molecular complexity index is 1010.